The smallest absolute Gasteiger partial charge is 0.305 e. The summed E-state index contributed by atoms with van der Waals surface area (Å²) in [4.78, 5) is 36.2. The van der Waals surface area contributed by atoms with Gasteiger partial charge in [0, 0.05) is 32.8 Å². The second-order valence-electron chi connectivity index (χ2n) is 10.5. The molecule has 0 spiro atoms. The summed E-state index contributed by atoms with van der Waals surface area (Å²) in [5.74, 6) is -3.92. The van der Waals surface area contributed by atoms with Gasteiger partial charge in [-0.3, -0.25) is 14.4 Å². The van der Waals surface area contributed by atoms with Crippen LogP contribution >= 0.6 is 23.2 Å². The molecule has 9 atom stereocenters. The van der Waals surface area contributed by atoms with Gasteiger partial charge in [-0.25, -0.2) is 0 Å². The van der Waals surface area contributed by atoms with Crippen LogP contribution in [0.1, 0.15) is 53.9 Å². The number of aliphatic hydroxyl groups is 2. The van der Waals surface area contributed by atoms with Crippen LogP contribution in [0.15, 0.2) is 23.5 Å². The normalized spacial score (nSPS) is 35.7. The fourth-order valence-corrected chi connectivity index (χ4v) is 6.10. The van der Waals surface area contributed by atoms with E-state index in [1.807, 2.05) is 0 Å². The number of fused-ring (bicyclic) bond motifs is 2. The maximum atomic E-state index is 12.2. The average molecular weight is 579 g/mol. The zero-order chi connectivity index (χ0) is 28.4. The van der Waals surface area contributed by atoms with Crippen LogP contribution in [0.4, 0.5) is 0 Å². The summed E-state index contributed by atoms with van der Waals surface area (Å²) in [7, 11) is 0. The Hall–Kier alpha value is -1.85. The van der Waals surface area contributed by atoms with Gasteiger partial charge in [-0.05, 0) is 38.7 Å². The topological polar surface area (TPSA) is 141 Å². The minimum Gasteiger partial charge on any atom is -0.462 e. The summed E-state index contributed by atoms with van der Waals surface area (Å²) in [5, 5.41) is 23.2. The zero-order valence-corrected chi connectivity index (χ0v) is 23.7. The Morgan fingerprint density at radius 3 is 2.21 bits per heavy atom. The highest BCUT2D eigenvalue weighted by atomic mass is 35.5. The van der Waals surface area contributed by atoms with Crippen LogP contribution in [0.2, 0.25) is 0 Å². The Kier molecular flexibility index (Phi) is 9.79. The Morgan fingerprint density at radius 1 is 1.05 bits per heavy atom. The van der Waals surface area contributed by atoms with Gasteiger partial charge in [0.2, 0.25) is 6.29 Å². The van der Waals surface area contributed by atoms with E-state index < -0.39 is 71.7 Å². The molecule has 2 fully saturated rings. The average Bonchev–Trinajstić information content (AvgIpc) is 3.58. The van der Waals surface area contributed by atoms with Crippen molar-refractivity contribution in [1.82, 2.24) is 0 Å². The third-order valence-electron chi connectivity index (χ3n) is 7.13. The molecule has 3 aliphatic rings. The third kappa shape index (κ3) is 6.83. The maximum absolute atomic E-state index is 12.2. The van der Waals surface area contributed by atoms with Crippen molar-refractivity contribution in [2.75, 3.05) is 11.8 Å². The van der Waals surface area contributed by atoms with Gasteiger partial charge in [-0.2, -0.15) is 0 Å². The molecule has 2 aliphatic heterocycles. The number of rotatable bonds is 8. The zero-order valence-electron chi connectivity index (χ0n) is 22.1. The third-order valence-corrected chi connectivity index (χ3v) is 8.06. The molecule has 1 aliphatic carbocycles. The van der Waals surface area contributed by atoms with E-state index in [4.69, 9.17) is 46.9 Å². The summed E-state index contributed by atoms with van der Waals surface area (Å²) >= 11 is 12.5. The molecule has 12 heteroatoms. The van der Waals surface area contributed by atoms with Crippen molar-refractivity contribution >= 4 is 41.1 Å². The molecule has 2 heterocycles. The number of carbonyl (C=O) groups is 3. The first kappa shape index (κ1) is 30.7. The van der Waals surface area contributed by atoms with Crippen LogP contribution in [0.3, 0.4) is 0 Å². The van der Waals surface area contributed by atoms with E-state index in [-0.39, 0.29) is 31.0 Å². The van der Waals surface area contributed by atoms with Gasteiger partial charge in [-0.1, -0.05) is 5.57 Å². The predicted molar refractivity (Wildman–Crippen MR) is 136 cm³/mol. The van der Waals surface area contributed by atoms with Crippen LogP contribution in [0, 0.1) is 11.8 Å². The standard InChI is InChI=1S/C26H36Cl2O10/c1-13(2)8-19(35-14(3)29)22(36-15(4)30)18-10-34-24(37-16(5)31)21-17(18)6-7-25(32,11-27)23-20(38-23)9-26(21,33)12-28/h8,10,17,19-24,32-33H,6-7,9,11-12H2,1-5H3. The molecule has 0 aromatic rings. The van der Waals surface area contributed by atoms with Crippen molar-refractivity contribution in [3.8, 4) is 0 Å². The molecular formula is C26H36Cl2O10. The summed E-state index contributed by atoms with van der Waals surface area (Å²) < 4.78 is 28.2. The number of epoxide rings is 1. The lowest BCUT2D eigenvalue weighted by atomic mass is 9.69. The van der Waals surface area contributed by atoms with E-state index in [1.54, 1.807) is 19.9 Å². The highest BCUT2D eigenvalue weighted by Crippen LogP contribution is 2.51. The van der Waals surface area contributed by atoms with Crippen molar-refractivity contribution < 1.29 is 48.3 Å². The molecule has 0 aromatic heterocycles. The molecule has 1 saturated heterocycles. The molecule has 3 rings (SSSR count). The van der Waals surface area contributed by atoms with Crippen molar-refractivity contribution in [1.29, 1.82) is 0 Å². The van der Waals surface area contributed by atoms with Gasteiger partial charge in [0.05, 0.1) is 35.6 Å². The lowest BCUT2D eigenvalue weighted by Gasteiger charge is -2.47. The van der Waals surface area contributed by atoms with E-state index in [9.17, 15) is 24.6 Å². The van der Waals surface area contributed by atoms with Crippen LogP contribution in [0.25, 0.3) is 0 Å². The summed E-state index contributed by atoms with van der Waals surface area (Å²) in [6, 6.07) is 0. The Balaban J connectivity index is 2.18. The molecule has 2 N–H and O–H groups in total. The molecule has 0 bridgehead atoms. The fourth-order valence-electron chi connectivity index (χ4n) is 5.53. The number of hydrogen-bond acceptors (Lipinski definition) is 10. The SMILES string of the molecule is CC(=O)OC(C=C(C)C)C(OC(C)=O)C1=COC(OC(C)=O)C2C1CCC(O)(CCl)C1OC1CC2(O)CCl. The summed E-state index contributed by atoms with van der Waals surface area (Å²) in [5.41, 5.74) is -1.92. The van der Waals surface area contributed by atoms with Crippen molar-refractivity contribution in [2.45, 2.75) is 95.8 Å². The minimum atomic E-state index is -1.68. The molecule has 9 unspecified atom stereocenters. The van der Waals surface area contributed by atoms with Crippen molar-refractivity contribution in [2.24, 2.45) is 11.8 Å². The quantitative estimate of drug-likeness (QED) is 0.145. The monoisotopic (exact) mass is 578 g/mol. The lowest BCUT2D eigenvalue weighted by Crippen LogP contribution is -2.55. The fraction of sp³-hybridized carbons (Fsp3) is 0.731. The Bertz CT molecular complexity index is 979. The van der Waals surface area contributed by atoms with Crippen LogP contribution in [0.5, 0.6) is 0 Å². The van der Waals surface area contributed by atoms with Crippen LogP contribution in [-0.4, -0.2) is 81.8 Å². The van der Waals surface area contributed by atoms with Gasteiger partial charge in [0.15, 0.2) is 12.2 Å². The van der Waals surface area contributed by atoms with E-state index in [0.717, 1.165) is 5.57 Å². The lowest BCUT2D eigenvalue weighted by molar-refractivity contribution is -0.213. The van der Waals surface area contributed by atoms with E-state index in [0.29, 0.717) is 5.57 Å². The van der Waals surface area contributed by atoms with Crippen molar-refractivity contribution in [3.05, 3.63) is 23.5 Å². The molecule has 38 heavy (non-hydrogen) atoms. The van der Waals surface area contributed by atoms with Gasteiger partial charge in [-0.15, -0.1) is 23.2 Å². The highest BCUT2D eigenvalue weighted by molar-refractivity contribution is 6.19. The molecule has 0 radical (unpaired) electrons. The second kappa shape index (κ2) is 12.1. The summed E-state index contributed by atoms with van der Waals surface area (Å²) in [6.07, 6.45) is -1.24. The maximum Gasteiger partial charge on any atom is 0.305 e. The number of hydrogen-bond donors (Lipinski definition) is 2. The first-order valence-electron chi connectivity index (χ1n) is 12.5. The number of alkyl halides is 2. The molecule has 10 nitrogen and oxygen atoms in total. The number of allylic oxidation sites excluding steroid dienone is 1. The molecule has 214 valence electrons. The van der Waals surface area contributed by atoms with E-state index >= 15 is 0 Å². The molecular weight excluding hydrogens is 543 g/mol. The van der Waals surface area contributed by atoms with Gasteiger partial charge in [0.1, 0.15) is 11.7 Å². The van der Waals surface area contributed by atoms with Gasteiger partial charge >= 0.3 is 17.9 Å². The predicted octanol–water partition coefficient (Wildman–Crippen LogP) is 2.74. The summed E-state index contributed by atoms with van der Waals surface area (Å²) in [6.45, 7) is 7.27. The number of carbonyl (C=O) groups excluding carboxylic acids is 3. The first-order valence-corrected chi connectivity index (χ1v) is 13.6. The Labute approximate surface area is 232 Å². The number of halogens is 2. The van der Waals surface area contributed by atoms with E-state index in [1.165, 1.54) is 27.0 Å². The highest BCUT2D eigenvalue weighted by Gasteiger charge is 2.62. The molecule has 0 aromatic carbocycles. The molecule has 0 amide bonds. The van der Waals surface area contributed by atoms with Crippen LogP contribution < -0.4 is 0 Å². The minimum absolute atomic E-state index is 0.00944. The van der Waals surface area contributed by atoms with Gasteiger partial charge in [0.25, 0.3) is 0 Å². The Morgan fingerprint density at radius 2 is 1.68 bits per heavy atom. The first-order chi connectivity index (χ1) is 17.7. The largest absolute Gasteiger partial charge is 0.462 e. The number of esters is 3. The molecule has 1 saturated carbocycles. The van der Waals surface area contributed by atoms with E-state index in [2.05, 4.69) is 0 Å². The second-order valence-corrected chi connectivity index (χ2v) is 11.1. The number of ether oxygens (including phenoxy) is 5. The van der Waals surface area contributed by atoms with Crippen LogP contribution in [-0.2, 0) is 38.1 Å². The van der Waals surface area contributed by atoms with Gasteiger partial charge < -0.3 is 33.9 Å². The van der Waals surface area contributed by atoms with Crippen molar-refractivity contribution in [3.63, 3.8) is 0 Å².